The molecule has 0 radical (unpaired) electrons. The van der Waals surface area contributed by atoms with E-state index in [1.165, 1.54) is 6.42 Å². The molecule has 2 heterocycles. The molecular formula is C16H28N2O3. The molecule has 0 N–H and O–H groups in total. The molecule has 120 valence electrons. The van der Waals surface area contributed by atoms with Crippen molar-refractivity contribution in [3.63, 3.8) is 0 Å². The minimum Gasteiger partial charge on any atom is -0.376 e. The molecule has 0 aromatic rings. The topological polar surface area (TPSA) is 42.0 Å². The van der Waals surface area contributed by atoms with Crippen LogP contribution in [0.1, 0.15) is 19.3 Å². The molecule has 3 fully saturated rings. The highest BCUT2D eigenvalue weighted by atomic mass is 16.5. The van der Waals surface area contributed by atoms with Crippen molar-refractivity contribution >= 4 is 5.91 Å². The van der Waals surface area contributed by atoms with Crippen molar-refractivity contribution in [3.8, 4) is 0 Å². The molecule has 1 saturated carbocycles. The molecule has 1 amide bonds. The average molecular weight is 296 g/mol. The van der Waals surface area contributed by atoms with Gasteiger partial charge in [0.15, 0.2) is 0 Å². The Labute approximate surface area is 127 Å². The van der Waals surface area contributed by atoms with Gasteiger partial charge in [-0.1, -0.05) is 0 Å². The molecule has 0 aromatic heterocycles. The first-order valence-electron chi connectivity index (χ1n) is 8.27. The van der Waals surface area contributed by atoms with Crippen LogP contribution >= 0.6 is 0 Å². The molecule has 0 bridgehead atoms. The lowest BCUT2D eigenvalue weighted by Crippen LogP contribution is -2.36. The Morgan fingerprint density at radius 1 is 1.29 bits per heavy atom. The average Bonchev–Trinajstić information content (AvgIpc) is 2.91. The van der Waals surface area contributed by atoms with Crippen LogP contribution in [0.4, 0.5) is 0 Å². The second-order valence-electron chi connectivity index (χ2n) is 7.06. The van der Waals surface area contributed by atoms with Crippen molar-refractivity contribution in [2.45, 2.75) is 25.4 Å². The molecule has 0 aromatic carbocycles. The third-order valence-electron chi connectivity index (χ3n) is 5.10. The summed E-state index contributed by atoms with van der Waals surface area (Å²) in [6, 6.07) is 0. The fourth-order valence-electron chi connectivity index (χ4n) is 3.85. The third kappa shape index (κ3) is 3.76. The van der Waals surface area contributed by atoms with Crippen molar-refractivity contribution in [2.24, 2.45) is 17.8 Å². The summed E-state index contributed by atoms with van der Waals surface area (Å²) in [6.07, 6.45) is 3.63. The molecule has 2 saturated heterocycles. The zero-order valence-electron chi connectivity index (χ0n) is 13.3. The molecule has 4 atom stereocenters. The van der Waals surface area contributed by atoms with Crippen LogP contribution in [0.15, 0.2) is 0 Å². The molecule has 2 aliphatic heterocycles. The van der Waals surface area contributed by atoms with Crippen LogP contribution in [0, 0.1) is 17.8 Å². The highest BCUT2D eigenvalue weighted by Gasteiger charge is 2.56. The Morgan fingerprint density at radius 2 is 2.05 bits per heavy atom. The first-order chi connectivity index (χ1) is 10.1. The summed E-state index contributed by atoms with van der Waals surface area (Å²) in [5.41, 5.74) is 0. The van der Waals surface area contributed by atoms with Crippen LogP contribution in [0.5, 0.6) is 0 Å². The van der Waals surface area contributed by atoms with E-state index in [-0.39, 0.29) is 18.6 Å². The summed E-state index contributed by atoms with van der Waals surface area (Å²) in [5, 5.41) is 0. The van der Waals surface area contributed by atoms with Gasteiger partial charge in [-0.2, -0.15) is 0 Å². The van der Waals surface area contributed by atoms with Gasteiger partial charge in [0.1, 0.15) is 6.61 Å². The van der Waals surface area contributed by atoms with Crippen LogP contribution in [-0.2, 0) is 14.3 Å². The van der Waals surface area contributed by atoms with Gasteiger partial charge < -0.3 is 19.3 Å². The van der Waals surface area contributed by atoms with Gasteiger partial charge in [0.25, 0.3) is 0 Å². The first-order valence-corrected chi connectivity index (χ1v) is 8.27. The molecule has 5 heteroatoms. The van der Waals surface area contributed by atoms with E-state index in [1.54, 1.807) is 0 Å². The van der Waals surface area contributed by atoms with E-state index in [4.69, 9.17) is 9.47 Å². The number of carbonyl (C=O) groups is 1. The van der Waals surface area contributed by atoms with E-state index in [0.717, 1.165) is 56.8 Å². The third-order valence-corrected chi connectivity index (χ3v) is 5.10. The van der Waals surface area contributed by atoms with Crippen molar-refractivity contribution in [1.29, 1.82) is 0 Å². The molecule has 3 aliphatic rings. The molecule has 0 spiro atoms. The summed E-state index contributed by atoms with van der Waals surface area (Å²) in [5.74, 6) is 2.43. The zero-order valence-corrected chi connectivity index (χ0v) is 13.3. The fraction of sp³-hybridized carbons (Fsp3) is 0.938. The summed E-state index contributed by atoms with van der Waals surface area (Å²) >= 11 is 0. The molecule has 1 unspecified atom stereocenters. The SMILES string of the molecule is CN(C)CC1[C@H]2CN(C(=O)COC[C@H]3CCCCO3)C[C@@H]12. The number of hydrogen-bond acceptors (Lipinski definition) is 4. The van der Waals surface area contributed by atoms with Crippen LogP contribution in [0.25, 0.3) is 0 Å². The number of piperidine rings is 1. The Kier molecular flexibility index (Phi) is 4.82. The van der Waals surface area contributed by atoms with Gasteiger partial charge in [0.2, 0.25) is 5.91 Å². The van der Waals surface area contributed by atoms with Crippen molar-refractivity contribution < 1.29 is 14.3 Å². The number of amides is 1. The summed E-state index contributed by atoms with van der Waals surface area (Å²) in [6.45, 7) is 4.65. The van der Waals surface area contributed by atoms with E-state index < -0.39 is 0 Å². The van der Waals surface area contributed by atoms with Gasteiger partial charge in [-0.3, -0.25) is 4.79 Å². The summed E-state index contributed by atoms with van der Waals surface area (Å²) in [7, 11) is 4.25. The second kappa shape index (κ2) is 6.63. The van der Waals surface area contributed by atoms with Crippen LogP contribution in [0.3, 0.4) is 0 Å². The number of ether oxygens (including phenoxy) is 2. The Morgan fingerprint density at radius 3 is 2.67 bits per heavy atom. The maximum atomic E-state index is 12.1. The zero-order chi connectivity index (χ0) is 14.8. The van der Waals surface area contributed by atoms with Crippen LogP contribution in [-0.4, -0.2) is 75.4 Å². The van der Waals surface area contributed by atoms with Crippen LogP contribution in [0.2, 0.25) is 0 Å². The highest BCUT2D eigenvalue weighted by molar-refractivity contribution is 5.78. The van der Waals surface area contributed by atoms with Gasteiger partial charge in [-0.05, 0) is 51.1 Å². The maximum Gasteiger partial charge on any atom is 0.248 e. The fourth-order valence-corrected chi connectivity index (χ4v) is 3.85. The molecule has 3 rings (SSSR count). The molecule has 5 nitrogen and oxygen atoms in total. The van der Waals surface area contributed by atoms with Gasteiger partial charge in [-0.15, -0.1) is 0 Å². The summed E-state index contributed by atoms with van der Waals surface area (Å²) < 4.78 is 11.2. The molecule has 1 aliphatic carbocycles. The van der Waals surface area contributed by atoms with Crippen molar-refractivity contribution in [1.82, 2.24) is 9.80 Å². The number of nitrogens with zero attached hydrogens (tertiary/aromatic N) is 2. The first kappa shape index (κ1) is 15.3. The molecule has 21 heavy (non-hydrogen) atoms. The van der Waals surface area contributed by atoms with Gasteiger partial charge in [0.05, 0.1) is 12.7 Å². The van der Waals surface area contributed by atoms with Gasteiger partial charge in [0, 0.05) is 26.2 Å². The standard InChI is InChI=1S/C16H28N2O3/c1-17(2)7-13-14-8-18(9-15(13)14)16(19)11-20-10-12-5-3-4-6-21-12/h12-15H,3-11H2,1-2H3/t12-,13?,14-,15+/m1/s1. The smallest absolute Gasteiger partial charge is 0.248 e. The van der Waals surface area contributed by atoms with Crippen LogP contribution < -0.4 is 0 Å². The lowest BCUT2D eigenvalue weighted by atomic mass is 10.1. The second-order valence-corrected chi connectivity index (χ2v) is 7.06. The van der Waals surface area contributed by atoms with E-state index >= 15 is 0 Å². The predicted molar refractivity (Wildman–Crippen MR) is 80.0 cm³/mol. The highest BCUT2D eigenvalue weighted by Crippen LogP contribution is 2.51. The van der Waals surface area contributed by atoms with E-state index in [0.29, 0.717) is 6.61 Å². The number of rotatable bonds is 6. The van der Waals surface area contributed by atoms with Gasteiger partial charge in [-0.25, -0.2) is 0 Å². The quantitative estimate of drug-likeness (QED) is 0.728. The number of carbonyl (C=O) groups excluding carboxylic acids is 1. The monoisotopic (exact) mass is 296 g/mol. The lowest BCUT2D eigenvalue weighted by molar-refractivity contribution is -0.137. The Balaban J connectivity index is 1.31. The van der Waals surface area contributed by atoms with E-state index in [1.807, 2.05) is 4.90 Å². The Hall–Kier alpha value is -0.650. The Bertz CT molecular complexity index is 357. The lowest BCUT2D eigenvalue weighted by Gasteiger charge is -2.24. The number of fused-ring (bicyclic) bond motifs is 1. The van der Waals surface area contributed by atoms with Gasteiger partial charge >= 0.3 is 0 Å². The predicted octanol–water partition coefficient (Wildman–Crippen LogP) is 0.838. The summed E-state index contributed by atoms with van der Waals surface area (Å²) in [4.78, 5) is 16.4. The van der Waals surface area contributed by atoms with E-state index in [9.17, 15) is 4.79 Å². The van der Waals surface area contributed by atoms with E-state index in [2.05, 4.69) is 19.0 Å². The number of likely N-dealkylation sites (tertiary alicyclic amines) is 1. The largest absolute Gasteiger partial charge is 0.376 e. The number of hydrogen-bond donors (Lipinski definition) is 0. The minimum absolute atomic E-state index is 0.154. The molecular weight excluding hydrogens is 268 g/mol. The minimum atomic E-state index is 0.154. The van der Waals surface area contributed by atoms with Crippen molar-refractivity contribution in [2.75, 3.05) is 53.6 Å². The normalized spacial score (nSPS) is 35.1. The maximum absolute atomic E-state index is 12.1. The van der Waals surface area contributed by atoms with Crippen molar-refractivity contribution in [3.05, 3.63) is 0 Å².